The van der Waals surface area contributed by atoms with E-state index in [1.165, 1.54) is 6.42 Å². The van der Waals surface area contributed by atoms with Crippen molar-refractivity contribution in [2.45, 2.75) is 59.1 Å². The van der Waals surface area contributed by atoms with E-state index >= 15 is 0 Å². The Morgan fingerprint density at radius 3 is 2.61 bits per heavy atom. The standard InChI is InChI=1S/C26H29FN2O2/c1-16-13-20(27)14-17(2)25(16)23-10-11-28-24-15-21(8-9-22(23)24)31-19(4)26(30)29-12-6-5-7-18(29)3/h8-11,13-15,18-19H,5-7,12H2,1-4H3/t18-,19-/m1/s1. The number of amides is 1. The van der Waals surface area contributed by atoms with Gasteiger partial charge in [-0.1, -0.05) is 0 Å². The molecule has 2 aromatic carbocycles. The number of piperidine rings is 1. The SMILES string of the molecule is Cc1cc(F)cc(C)c1-c1ccnc2cc(O[C@H](C)C(=O)N3CCCC[C@H]3C)ccc12. The lowest BCUT2D eigenvalue weighted by molar-refractivity contribution is -0.141. The molecule has 0 N–H and O–H groups in total. The average molecular weight is 421 g/mol. The molecule has 4 rings (SSSR count). The van der Waals surface area contributed by atoms with Crippen LogP contribution in [0.2, 0.25) is 0 Å². The van der Waals surface area contributed by atoms with Crippen LogP contribution in [0.1, 0.15) is 44.2 Å². The Kier molecular flexibility index (Phi) is 5.94. The molecule has 3 aromatic rings. The van der Waals surface area contributed by atoms with Gasteiger partial charge in [-0.3, -0.25) is 9.78 Å². The van der Waals surface area contributed by atoms with Crippen molar-refractivity contribution in [3.8, 4) is 16.9 Å². The van der Waals surface area contributed by atoms with E-state index in [9.17, 15) is 9.18 Å². The number of rotatable bonds is 4. The highest BCUT2D eigenvalue weighted by Gasteiger charge is 2.28. The second kappa shape index (κ2) is 8.66. The molecule has 1 amide bonds. The number of aromatic nitrogens is 1. The van der Waals surface area contributed by atoms with Gasteiger partial charge in [-0.25, -0.2) is 4.39 Å². The third-order valence-corrected chi connectivity index (χ3v) is 6.23. The first-order valence-corrected chi connectivity index (χ1v) is 11.0. The first-order valence-electron chi connectivity index (χ1n) is 11.0. The summed E-state index contributed by atoms with van der Waals surface area (Å²) in [6.07, 6.45) is 4.47. The smallest absolute Gasteiger partial charge is 0.263 e. The van der Waals surface area contributed by atoms with Crippen LogP contribution >= 0.6 is 0 Å². The summed E-state index contributed by atoms with van der Waals surface area (Å²) in [5, 5.41) is 0.969. The molecule has 1 aliphatic rings. The average Bonchev–Trinajstić information content (AvgIpc) is 2.73. The summed E-state index contributed by atoms with van der Waals surface area (Å²) in [5.74, 6) is 0.427. The predicted molar refractivity (Wildman–Crippen MR) is 122 cm³/mol. The fraction of sp³-hybridized carbons (Fsp3) is 0.385. The van der Waals surface area contributed by atoms with E-state index in [1.54, 1.807) is 18.3 Å². The highest BCUT2D eigenvalue weighted by molar-refractivity contribution is 5.96. The lowest BCUT2D eigenvalue weighted by Crippen LogP contribution is -2.47. The summed E-state index contributed by atoms with van der Waals surface area (Å²) in [5.41, 5.74) is 4.59. The second-order valence-electron chi connectivity index (χ2n) is 8.59. The fourth-order valence-electron chi connectivity index (χ4n) is 4.67. The zero-order valence-corrected chi connectivity index (χ0v) is 18.6. The van der Waals surface area contributed by atoms with Gasteiger partial charge in [-0.2, -0.15) is 0 Å². The van der Waals surface area contributed by atoms with Crippen LogP contribution in [0.5, 0.6) is 5.75 Å². The van der Waals surface area contributed by atoms with Gasteiger partial charge in [0.15, 0.2) is 6.10 Å². The van der Waals surface area contributed by atoms with Gasteiger partial charge < -0.3 is 9.64 Å². The molecule has 1 aliphatic heterocycles. The van der Waals surface area contributed by atoms with Gasteiger partial charge >= 0.3 is 0 Å². The van der Waals surface area contributed by atoms with Crippen LogP contribution in [0.25, 0.3) is 22.0 Å². The number of ether oxygens (including phenoxy) is 1. The first-order chi connectivity index (χ1) is 14.8. The molecule has 0 saturated carbocycles. The second-order valence-corrected chi connectivity index (χ2v) is 8.59. The quantitative estimate of drug-likeness (QED) is 0.534. The topological polar surface area (TPSA) is 42.4 Å². The van der Waals surface area contributed by atoms with Crippen LogP contribution < -0.4 is 4.74 Å². The summed E-state index contributed by atoms with van der Waals surface area (Å²) in [6, 6.07) is 11.1. The monoisotopic (exact) mass is 420 g/mol. The van der Waals surface area contributed by atoms with Crippen LogP contribution in [0.4, 0.5) is 4.39 Å². The predicted octanol–water partition coefficient (Wildman–Crippen LogP) is 5.83. The van der Waals surface area contributed by atoms with Crippen molar-refractivity contribution in [2.75, 3.05) is 6.54 Å². The molecule has 162 valence electrons. The Bertz CT molecular complexity index is 1100. The van der Waals surface area contributed by atoms with Crippen LogP contribution in [0.3, 0.4) is 0 Å². The van der Waals surface area contributed by atoms with E-state index < -0.39 is 6.10 Å². The molecule has 0 bridgehead atoms. The number of halogens is 1. The molecule has 31 heavy (non-hydrogen) atoms. The van der Waals surface area contributed by atoms with E-state index in [0.717, 1.165) is 52.5 Å². The number of carbonyl (C=O) groups excluding carboxylic acids is 1. The van der Waals surface area contributed by atoms with Gasteiger partial charge in [0, 0.05) is 30.2 Å². The Balaban J connectivity index is 1.62. The van der Waals surface area contributed by atoms with E-state index in [-0.39, 0.29) is 17.8 Å². The third kappa shape index (κ3) is 4.27. The zero-order valence-electron chi connectivity index (χ0n) is 18.6. The number of likely N-dealkylation sites (tertiary alicyclic amines) is 1. The molecule has 0 radical (unpaired) electrons. The molecule has 2 atom stereocenters. The molecule has 0 spiro atoms. The zero-order chi connectivity index (χ0) is 22.1. The molecule has 5 heteroatoms. The van der Waals surface area contributed by atoms with Crippen molar-refractivity contribution in [3.05, 3.63) is 59.5 Å². The van der Waals surface area contributed by atoms with Crippen LogP contribution in [-0.2, 0) is 4.79 Å². The number of pyridine rings is 1. The number of hydrogen-bond acceptors (Lipinski definition) is 3. The van der Waals surface area contributed by atoms with E-state index in [2.05, 4.69) is 11.9 Å². The maximum atomic E-state index is 13.8. The number of nitrogens with zero attached hydrogens (tertiary/aromatic N) is 2. The summed E-state index contributed by atoms with van der Waals surface area (Å²) in [6.45, 7) is 8.55. The maximum absolute atomic E-state index is 13.8. The Labute approximate surface area is 183 Å². The summed E-state index contributed by atoms with van der Waals surface area (Å²) < 4.78 is 19.8. The lowest BCUT2D eigenvalue weighted by atomic mass is 9.93. The first kappa shape index (κ1) is 21.3. The van der Waals surface area contributed by atoms with E-state index in [1.807, 2.05) is 49.9 Å². The summed E-state index contributed by atoms with van der Waals surface area (Å²) in [7, 11) is 0. The van der Waals surface area contributed by atoms with Gasteiger partial charge in [0.05, 0.1) is 5.52 Å². The Morgan fingerprint density at radius 1 is 1.16 bits per heavy atom. The molecular formula is C26H29FN2O2. The molecule has 1 fully saturated rings. The molecule has 1 saturated heterocycles. The molecule has 4 nitrogen and oxygen atoms in total. The van der Waals surface area contributed by atoms with E-state index in [0.29, 0.717) is 5.75 Å². The highest BCUT2D eigenvalue weighted by Crippen LogP contribution is 2.34. The molecule has 2 heterocycles. The fourth-order valence-corrected chi connectivity index (χ4v) is 4.67. The van der Waals surface area contributed by atoms with Gasteiger partial charge in [0.1, 0.15) is 11.6 Å². The van der Waals surface area contributed by atoms with Crippen LogP contribution in [0, 0.1) is 19.7 Å². The molecule has 0 unspecified atom stereocenters. The van der Waals surface area contributed by atoms with Gasteiger partial charge in [-0.15, -0.1) is 0 Å². The summed E-state index contributed by atoms with van der Waals surface area (Å²) >= 11 is 0. The number of aryl methyl sites for hydroxylation is 2. The van der Waals surface area contributed by atoms with Crippen LogP contribution in [-0.4, -0.2) is 34.5 Å². The van der Waals surface area contributed by atoms with Crippen molar-refractivity contribution in [3.63, 3.8) is 0 Å². The van der Waals surface area contributed by atoms with Crippen molar-refractivity contribution in [2.24, 2.45) is 0 Å². The number of benzene rings is 2. The van der Waals surface area contributed by atoms with Gasteiger partial charge in [-0.05, 0) is 99.5 Å². The third-order valence-electron chi connectivity index (χ3n) is 6.23. The van der Waals surface area contributed by atoms with Crippen molar-refractivity contribution < 1.29 is 13.9 Å². The molecule has 0 aliphatic carbocycles. The highest BCUT2D eigenvalue weighted by atomic mass is 19.1. The minimum Gasteiger partial charge on any atom is -0.481 e. The largest absolute Gasteiger partial charge is 0.481 e. The van der Waals surface area contributed by atoms with Crippen molar-refractivity contribution in [1.29, 1.82) is 0 Å². The maximum Gasteiger partial charge on any atom is 0.263 e. The number of fused-ring (bicyclic) bond motifs is 1. The van der Waals surface area contributed by atoms with Crippen molar-refractivity contribution >= 4 is 16.8 Å². The summed E-state index contributed by atoms with van der Waals surface area (Å²) in [4.78, 5) is 19.3. The Hall–Kier alpha value is -2.95. The number of hydrogen-bond donors (Lipinski definition) is 0. The van der Waals surface area contributed by atoms with Crippen LogP contribution in [0.15, 0.2) is 42.6 Å². The molecular weight excluding hydrogens is 391 g/mol. The minimum atomic E-state index is -0.553. The molecule has 1 aromatic heterocycles. The Morgan fingerprint density at radius 2 is 1.90 bits per heavy atom. The minimum absolute atomic E-state index is 0.0339. The lowest BCUT2D eigenvalue weighted by Gasteiger charge is -2.35. The van der Waals surface area contributed by atoms with Gasteiger partial charge in [0.25, 0.3) is 5.91 Å². The van der Waals surface area contributed by atoms with E-state index in [4.69, 9.17) is 4.74 Å². The normalized spacial score (nSPS) is 17.6. The number of carbonyl (C=O) groups is 1. The van der Waals surface area contributed by atoms with Crippen molar-refractivity contribution in [1.82, 2.24) is 9.88 Å². The van der Waals surface area contributed by atoms with Gasteiger partial charge in [0.2, 0.25) is 0 Å².